The Bertz CT molecular complexity index is 860. The lowest BCUT2D eigenvalue weighted by molar-refractivity contribution is -0.131. The molecule has 0 fully saturated rings. The second-order valence-corrected chi connectivity index (χ2v) is 4.85. The first kappa shape index (κ1) is 15.3. The van der Waals surface area contributed by atoms with Crippen LogP contribution in [0, 0.1) is 0 Å². The molecule has 8 heteroatoms. The fraction of sp³-hybridized carbons (Fsp3) is 0.0625. The number of esters is 1. The average molecular weight is 323 g/mol. The van der Waals surface area contributed by atoms with E-state index in [9.17, 15) is 9.59 Å². The van der Waals surface area contributed by atoms with Gasteiger partial charge in [0.05, 0.1) is 11.9 Å². The first-order valence-corrected chi connectivity index (χ1v) is 7.03. The molecule has 1 N–H and O–H groups in total. The number of nitrogens with zero attached hydrogens (tertiary/aromatic N) is 4. The summed E-state index contributed by atoms with van der Waals surface area (Å²) in [5.74, 6) is 0.176. The van der Waals surface area contributed by atoms with Gasteiger partial charge >= 0.3 is 5.97 Å². The molecule has 2 heterocycles. The predicted molar refractivity (Wildman–Crippen MR) is 84.9 cm³/mol. The van der Waals surface area contributed by atoms with Gasteiger partial charge in [0.15, 0.2) is 0 Å². The first-order valence-electron chi connectivity index (χ1n) is 7.03. The molecule has 1 amide bonds. The van der Waals surface area contributed by atoms with Crippen molar-refractivity contribution < 1.29 is 14.3 Å². The Morgan fingerprint density at radius 2 is 1.92 bits per heavy atom. The largest absolute Gasteiger partial charge is 0.427 e. The van der Waals surface area contributed by atoms with Crippen LogP contribution in [0.5, 0.6) is 5.75 Å². The van der Waals surface area contributed by atoms with Gasteiger partial charge in [-0.15, -0.1) is 10.2 Å². The highest BCUT2D eigenvalue weighted by Gasteiger charge is 2.09. The predicted octanol–water partition coefficient (Wildman–Crippen LogP) is 1.84. The number of ether oxygens (including phenoxy) is 1. The van der Waals surface area contributed by atoms with E-state index in [0.717, 1.165) is 0 Å². The molecule has 0 aliphatic rings. The van der Waals surface area contributed by atoms with Crippen molar-refractivity contribution in [3.63, 3.8) is 0 Å². The highest BCUT2D eigenvalue weighted by atomic mass is 16.5. The summed E-state index contributed by atoms with van der Waals surface area (Å²) in [4.78, 5) is 27.5. The second kappa shape index (κ2) is 6.69. The van der Waals surface area contributed by atoms with Crippen LogP contribution in [0.15, 0.2) is 55.2 Å². The van der Waals surface area contributed by atoms with Crippen molar-refractivity contribution in [1.29, 1.82) is 0 Å². The number of rotatable bonds is 4. The van der Waals surface area contributed by atoms with Gasteiger partial charge in [0.25, 0.3) is 5.91 Å². The summed E-state index contributed by atoms with van der Waals surface area (Å²) in [7, 11) is 0. The summed E-state index contributed by atoms with van der Waals surface area (Å²) in [6, 6.07) is 9.82. The van der Waals surface area contributed by atoms with Gasteiger partial charge in [-0.3, -0.25) is 14.2 Å². The minimum atomic E-state index is -0.443. The Morgan fingerprint density at radius 1 is 1.12 bits per heavy atom. The fourth-order valence-corrected chi connectivity index (χ4v) is 2.00. The SMILES string of the molecule is CC(=O)Oc1cccc(C(=O)Nc2ccc(-n3cnnc3)nc2)c1. The Kier molecular flexibility index (Phi) is 4.28. The van der Waals surface area contributed by atoms with Crippen LogP contribution in [0.3, 0.4) is 0 Å². The first-order chi connectivity index (χ1) is 11.6. The average Bonchev–Trinajstić information content (AvgIpc) is 3.09. The number of anilines is 1. The molecule has 0 spiro atoms. The number of amides is 1. The lowest BCUT2D eigenvalue weighted by atomic mass is 10.2. The van der Waals surface area contributed by atoms with E-state index in [1.807, 2.05) is 0 Å². The minimum absolute atomic E-state index is 0.316. The van der Waals surface area contributed by atoms with Gasteiger partial charge in [0.1, 0.15) is 24.2 Å². The molecular weight excluding hydrogens is 310 g/mol. The number of carbonyl (C=O) groups is 2. The van der Waals surface area contributed by atoms with E-state index < -0.39 is 5.97 Å². The number of nitrogens with one attached hydrogen (secondary N) is 1. The van der Waals surface area contributed by atoms with E-state index in [1.165, 1.54) is 31.8 Å². The Labute approximate surface area is 137 Å². The third kappa shape index (κ3) is 3.61. The van der Waals surface area contributed by atoms with Crippen molar-refractivity contribution in [2.24, 2.45) is 0 Å². The van der Waals surface area contributed by atoms with Crippen LogP contribution in [-0.4, -0.2) is 31.6 Å². The molecule has 0 saturated heterocycles. The molecule has 24 heavy (non-hydrogen) atoms. The van der Waals surface area contributed by atoms with Gasteiger partial charge in [-0.25, -0.2) is 4.98 Å². The van der Waals surface area contributed by atoms with Gasteiger partial charge in [-0.1, -0.05) is 6.07 Å². The number of benzene rings is 1. The van der Waals surface area contributed by atoms with E-state index in [2.05, 4.69) is 20.5 Å². The van der Waals surface area contributed by atoms with E-state index >= 15 is 0 Å². The molecule has 3 rings (SSSR count). The quantitative estimate of drug-likeness (QED) is 0.581. The Morgan fingerprint density at radius 3 is 2.58 bits per heavy atom. The summed E-state index contributed by atoms with van der Waals surface area (Å²) >= 11 is 0. The van der Waals surface area contributed by atoms with Crippen molar-refractivity contribution in [3.05, 3.63) is 60.8 Å². The standard InChI is InChI=1S/C16H13N5O3/c1-11(22)24-14-4-2-3-12(7-14)16(23)20-13-5-6-15(17-8-13)21-9-18-19-10-21/h2-10H,1H3,(H,20,23). The molecule has 8 nitrogen and oxygen atoms in total. The molecule has 0 bridgehead atoms. The van der Waals surface area contributed by atoms with Crippen LogP contribution in [-0.2, 0) is 4.79 Å². The van der Waals surface area contributed by atoms with Gasteiger partial charge in [0, 0.05) is 12.5 Å². The molecule has 2 aromatic heterocycles. The highest BCUT2D eigenvalue weighted by Crippen LogP contribution is 2.16. The van der Waals surface area contributed by atoms with Crippen molar-refractivity contribution in [2.75, 3.05) is 5.32 Å². The summed E-state index contributed by atoms with van der Waals surface area (Å²) in [5.41, 5.74) is 0.909. The van der Waals surface area contributed by atoms with Crippen LogP contribution in [0.2, 0.25) is 0 Å². The molecule has 0 aliphatic heterocycles. The zero-order valence-electron chi connectivity index (χ0n) is 12.7. The maximum atomic E-state index is 12.3. The number of hydrogen-bond donors (Lipinski definition) is 1. The van der Waals surface area contributed by atoms with Crippen molar-refractivity contribution in [1.82, 2.24) is 19.7 Å². The van der Waals surface area contributed by atoms with E-state index in [0.29, 0.717) is 22.8 Å². The lowest BCUT2D eigenvalue weighted by Gasteiger charge is -2.07. The van der Waals surface area contributed by atoms with Crippen molar-refractivity contribution in [3.8, 4) is 11.6 Å². The zero-order valence-corrected chi connectivity index (χ0v) is 12.7. The molecular formula is C16H13N5O3. The highest BCUT2D eigenvalue weighted by molar-refractivity contribution is 6.04. The third-order valence-electron chi connectivity index (χ3n) is 3.05. The Balaban J connectivity index is 1.71. The number of pyridine rings is 1. The molecule has 0 saturated carbocycles. The molecule has 0 aliphatic carbocycles. The van der Waals surface area contributed by atoms with E-state index in [4.69, 9.17) is 4.74 Å². The van der Waals surface area contributed by atoms with Crippen LogP contribution >= 0.6 is 0 Å². The maximum Gasteiger partial charge on any atom is 0.308 e. The van der Waals surface area contributed by atoms with Crippen LogP contribution < -0.4 is 10.1 Å². The fourth-order valence-electron chi connectivity index (χ4n) is 2.00. The minimum Gasteiger partial charge on any atom is -0.427 e. The van der Waals surface area contributed by atoms with Crippen LogP contribution in [0.1, 0.15) is 17.3 Å². The van der Waals surface area contributed by atoms with Gasteiger partial charge < -0.3 is 10.1 Å². The molecule has 120 valence electrons. The monoisotopic (exact) mass is 323 g/mol. The smallest absolute Gasteiger partial charge is 0.308 e. The second-order valence-electron chi connectivity index (χ2n) is 4.85. The van der Waals surface area contributed by atoms with Crippen molar-refractivity contribution >= 4 is 17.6 Å². The lowest BCUT2D eigenvalue weighted by Crippen LogP contribution is -2.12. The number of carbonyl (C=O) groups excluding carboxylic acids is 2. The molecule has 3 aromatic rings. The zero-order chi connectivity index (χ0) is 16.9. The third-order valence-corrected chi connectivity index (χ3v) is 3.05. The summed E-state index contributed by atoms with van der Waals surface area (Å²) < 4.78 is 6.61. The summed E-state index contributed by atoms with van der Waals surface area (Å²) in [6.45, 7) is 1.30. The molecule has 0 atom stereocenters. The van der Waals surface area contributed by atoms with Gasteiger partial charge in [-0.2, -0.15) is 0 Å². The van der Waals surface area contributed by atoms with Gasteiger partial charge in [-0.05, 0) is 30.3 Å². The van der Waals surface area contributed by atoms with Gasteiger partial charge in [0.2, 0.25) is 0 Å². The summed E-state index contributed by atoms with van der Waals surface area (Å²) in [6.07, 6.45) is 4.59. The summed E-state index contributed by atoms with van der Waals surface area (Å²) in [5, 5.41) is 10.1. The van der Waals surface area contributed by atoms with Crippen LogP contribution in [0.25, 0.3) is 5.82 Å². The molecule has 0 unspecified atom stereocenters. The van der Waals surface area contributed by atoms with E-state index in [1.54, 1.807) is 34.9 Å². The topological polar surface area (TPSA) is 99.0 Å². The Hall–Kier alpha value is -3.55. The van der Waals surface area contributed by atoms with Crippen molar-refractivity contribution in [2.45, 2.75) is 6.92 Å². The van der Waals surface area contributed by atoms with Crippen LogP contribution in [0.4, 0.5) is 5.69 Å². The maximum absolute atomic E-state index is 12.3. The normalized spacial score (nSPS) is 10.2. The number of aromatic nitrogens is 4. The molecule has 0 radical (unpaired) electrons. The molecule has 1 aromatic carbocycles. The number of hydrogen-bond acceptors (Lipinski definition) is 6. The van der Waals surface area contributed by atoms with E-state index in [-0.39, 0.29) is 5.91 Å².